The molecule has 7 heteroatoms. The van der Waals surface area contributed by atoms with Crippen molar-refractivity contribution in [3.05, 3.63) is 0 Å². The standard InChI is InChI=1S/C18H33N3O4/c1-13-14(19-16(23)25-17(2,3)4)7-8-21(13)15(22)18(5,6)20-9-11-24-12-10-20/h13-14H,7-12H2,1-6H3,(H,19,23)/t13-,14-/m0/s1. The number of likely N-dealkylation sites (tertiary alicyclic amines) is 1. The van der Waals surface area contributed by atoms with Gasteiger partial charge >= 0.3 is 6.09 Å². The highest BCUT2D eigenvalue weighted by molar-refractivity contribution is 5.86. The summed E-state index contributed by atoms with van der Waals surface area (Å²) in [7, 11) is 0. The van der Waals surface area contributed by atoms with Crippen molar-refractivity contribution in [3.8, 4) is 0 Å². The van der Waals surface area contributed by atoms with Crippen LogP contribution in [0.4, 0.5) is 4.79 Å². The Bertz CT molecular complexity index is 495. The molecule has 0 aliphatic carbocycles. The van der Waals surface area contributed by atoms with Gasteiger partial charge in [-0.25, -0.2) is 4.79 Å². The average molecular weight is 355 g/mol. The van der Waals surface area contributed by atoms with Crippen LogP contribution in [-0.4, -0.2) is 77.9 Å². The Kier molecular flexibility index (Phi) is 5.99. The van der Waals surface area contributed by atoms with E-state index in [9.17, 15) is 9.59 Å². The van der Waals surface area contributed by atoms with Crippen LogP contribution in [0.25, 0.3) is 0 Å². The van der Waals surface area contributed by atoms with Crippen molar-refractivity contribution in [2.45, 2.75) is 71.2 Å². The molecule has 2 saturated heterocycles. The fourth-order valence-electron chi connectivity index (χ4n) is 3.49. The van der Waals surface area contributed by atoms with E-state index in [4.69, 9.17) is 9.47 Å². The molecular formula is C18H33N3O4. The van der Waals surface area contributed by atoms with Crippen molar-refractivity contribution in [3.63, 3.8) is 0 Å². The first-order valence-electron chi connectivity index (χ1n) is 9.16. The highest BCUT2D eigenvalue weighted by Crippen LogP contribution is 2.26. The van der Waals surface area contributed by atoms with E-state index in [1.54, 1.807) is 0 Å². The van der Waals surface area contributed by atoms with Crippen molar-refractivity contribution >= 4 is 12.0 Å². The normalized spacial score (nSPS) is 25.8. The predicted molar refractivity (Wildman–Crippen MR) is 95.4 cm³/mol. The van der Waals surface area contributed by atoms with Crippen LogP contribution >= 0.6 is 0 Å². The molecule has 0 aromatic rings. The molecule has 2 amide bonds. The topological polar surface area (TPSA) is 71.1 Å². The summed E-state index contributed by atoms with van der Waals surface area (Å²) in [5, 5.41) is 2.91. The van der Waals surface area contributed by atoms with Gasteiger partial charge in [0, 0.05) is 25.7 Å². The summed E-state index contributed by atoms with van der Waals surface area (Å²) in [6.45, 7) is 15.0. The van der Waals surface area contributed by atoms with Gasteiger partial charge in [0.25, 0.3) is 0 Å². The van der Waals surface area contributed by atoms with E-state index in [2.05, 4.69) is 10.2 Å². The lowest BCUT2D eigenvalue weighted by Crippen LogP contribution is -2.60. The molecule has 0 radical (unpaired) electrons. The Morgan fingerprint density at radius 2 is 1.68 bits per heavy atom. The summed E-state index contributed by atoms with van der Waals surface area (Å²) in [5.41, 5.74) is -1.10. The van der Waals surface area contributed by atoms with Crippen LogP contribution in [0.1, 0.15) is 48.0 Å². The third kappa shape index (κ3) is 4.85. The summed E-state index contributed by atoms with van der Waals surface area (Å²) in [5.74, 6) is 0.107. The molecule has 0 aromatic heterocycles. The fraction of sp³-hybridized carbons (Fsp3) is 0.889. The summed E-state index contributed by atoms with van der Waals surface area (Å²) in [4.78, 5) is 29.2. The molecule has 7 nitrogen and oxygen atoms in total. The molecule has 2 rings (SSSR count). The molecule has 25 heavy (non-hydrogen) atoms. The van der Waals surface area contributed by atoms with Crippen LogP contribution in [0.5, 0.6) is 0 Å². The first-order valence-corrected chi connectivity index (χ1v) is 9.16. The lowest BCUT2D eigenvalue weighted by molar-refractivity contribution is -0.146. The van der Waals surface area contributed by atoms with Crippen molar-refractivity contribution in [1.29, 1.82) is 0 Å². The Morgan fingerprint density at radius 3 is 2.24 bits per heavy atom. The Balaban J connectivity index is 1.97. The molecule has 2 heterocycles. The van der Waals surface area contributed by atoms with Gasteiger partial charge in [-0.05, 0) is 48.0 Å². The van der Waals surface area contributed by atoms with Crippen LogP contribution in [0.15, 0.2) is 0 Å². The van der Waals surface area contributed by atoms with Crippen molar-refractivity contribution in [2.24, 2.45) is 0 Å². The Labute approximate surface area is 151 Å². The molecule has 0 aromatic carbocycles. The van der Waals surface area contributed by atoms with Gasteiger partial charge in [-0.1, -0.05) is 0 Å². The minimum absolute atomic E-state index is 0.0552. The number of morpholine rings is 1. The van der Waals surface area contributed by atoms with E-state index in [1.165, 1.54) is 0 Å². The van der Waals surface area contributed by atoms with Gasteiger partial charge in [0.05, 0.1) is 24.8 Å². The number of carbonyl (C=O) groups is 2. The van der Waals surface area contributed by atoms with E-state index < -0.39 is 17.2 Å². The number of nitrogens with zero attached hydrogens (tertiary/aromatic N) is 2. The quantitative estimate of drug-likeness (QED) is 0.833. The Hall–Kier alpha value is -1.34. The lowest BCUT2D eigenvalue weighted by atomic mass is 9.99. The van der Waals surface area contributed by atoms with Gasteiger partial charge in [0.2, 0.25) is 5.91 Å². The summed E-state index contributed by atoms with van der Waals surface area (Å²) in [6.07, 6.45) is 0.316. The molecule has 1 N–H and O–H groups in total. The molecule has 2 fully saturated rings. The highest BCUT2D eigenvalue weighted by atomic mass is 16.6. The van der Waals surface area contributed by atoms with Crippen molar-refractivity contribution < 1.29 is 19.1 Å². The van der Waals surface area contributed by atoms with E-state index >= 15 is 0 Å². The summed E-state index contributed by atoms with van der Waals surface area (Å²) < 4.78 is 10.7. The number of amides is 2. The molecule has 144 valence electrons. The third-order valence-corrected chi connectivity index (χ3v) is 5.04. The van der Waals surface area contributed by atoms with Crippen molar-refractivity contribution in [1.82, 2.24) is 15.1 Å². The largest absolute Gasteiger partial charge is 0.444 e. The van der Waals surface area contributed by atoms with Crippen LogP contribution in [0.3, 0.4) is 0 Å². The van der Waals surface area contributed by atoms with Gasteiger partial charge < -0.3 is 19.7 Å². The first-order chi connectivity index (χ1) is 11.5. The zero-order valence-electron chi connectivity index (χ0n) is 16.4. The maximum Gasteiger partial charge on any atom is 0.407 e. The molecular weight excluding hydrogens is 322 g/mol. The van der Waals surface area contributed by atoms with Crippen LogP contribution in [-0.2, 0) is 14.3 Å². The van der Waals surface area contributed by atoms with E-state index in [-0.39, 0.29) is 18.0 Å². The zero-order valence-corrected chi connectivity index (χ0v) is 16.4. The second kappa shape index (κ2) is 7.50. The molecule has 2 aliphatic rings. The van der Waals surface area contributed by atoms with Gasteiger partial charge in [0.15, 0.2) is 0 Å². The second-order valence-corrected chi connectivity index (χ2v) is 8.44. The molecule has 0 unspecified atom stereocenters. The Morgan fingerprint density at radius 1 is 1.08 bits per heavy atom. The number of hydrogen-bond acceptors (Lipinski definition) is 5. The van der Waals surface area contributed by atoms with E-state index in [1.807, 2.05) is 46.4 Å². The second-order valence-electron chi connectivity index (χ2n) is 8.44. The van der Waals surface area contributed by atoms with Gasteiger partial charge in [-0.15, -0.1) is 0 Å². The number of carbonyl (C=O) groups excluding carboxylic acids is 2. The summed E-state index contributed by atoms with van der Waals surface area (Å²) in [6, 6.07) is -0.139. The third-order valence-electron chi connectivity index (χ3n) is 5.04. The average Bonchev–Trinajstić information content (AvgIpc) is 2.86. The van der Waals surface area contributed by atoms with Gasteiger partial charge in [-0.3, -0.25) is 9.69 Å². The number of hydrogen-bond donors (Lipinski definition) is 1. The van der Waals surface area contributed by atoms with E-state index in [0.29, 0.717) is 19.8 Å². The molecule has 2 aliphatic heterocycles. The zero-order chi connectivity index (χ0) is 18.8. The molecule has 0 spiro atoms. The monoisotopic (exact) mass is 355 g/mol. The number of nitrogens with one attached hydrogen (secondary N) is 1. The van der Waals surface area contributed by atoms with Crippen molar-refractivity contribution in [2.75, 3.05) is 32.8 Å². The van der Waals surface area contributed by atoms with Crippen LogP contribution in [0.2, 0.25) is 0 Å². The smallest absolute Gasteiger partial charge is 0.407 e. The predicted octanol–water partition coefficient (Wildman–Crippen LogP) is 1.61. The number of ether oxygens (including phenoxy) is 2. The summed E-state index contributed by atoms with van der Waals surface area (Å²) >= 11 is 0. The fourth-order valence-corrected chi connectivity index (χ4v) is 3.49. The molecule has 0 saturated carbocycles. The SMILES string of the molecule is C[C@H]1[C@@H](NC(=O)OC(C)(C)C)CCN1C(=O)C(C)(C)N1CCOCC1. The maximum absolute atomic E-state index is 13.1. The minimum atomic E-state index is -0.571. The maximum atomic E-state index is 13.1. The minimum Gasteiger partial charge on any atom is -0.444 e. The van der Waals surface area contributed by atoms with E-state index in [0.717, 1.165) is 19.5 Å². The first kappa shape index (κ1) is 20.0. The number of rotatable bonds is 3. The molecule has 2 atom stereocenters. The highest BCUT2D eigenvalue weighted by Gasteiger charge is 2.44. The van der Waals surface area contributed by atoms with Crippen LogP contribution < -0.4 is 5.32 Å². The van der Waals surface area contributed by atoms with Crippen LogP contribution in [0, 0.1) is 0 Å². The van der Waals surface area contributed by atoms with Gasteiger partial charge in [-0.2, -0.15) is 0 Å². The van der Waals surface area contributed by atoms with Gasteiger partial charge in [0.1, 0.15) is 5.60 Å². The molecule has 0 bridgehead atoms. The number of alkyl carbamates (subject to hydrolysis) is 1. The lowest BCUT2D eigenvalue weighted by Gasteiger charge is -2.42.